The van der Waals surface area contributed by atoms with E-state index in [4.69, 9.17) is 0 Å². The second-order valence-electron chi connectivity index (χ2n) is 5.43. The Hall–Kier alpha value is -1.62. The Morgan fingerprint density at radius 2 is 2.30 bits per heavy atom. The van der Waals surface area contributed by atoms with Gasteiger partial charge in [-0.15, -0.1) is 0 Å². The fourth-order valence-electron chi connectivity index (χ4n) is 2.38. The molecule has 0 radical (unpaired) electrons. The maximum Gasteiger partial charge on any atom is 0.257 e. The highest BCUT2D eigenvalue weighted by Gasteiger charge is 2.26. The Labute approximate surface area is 121 Å². The molecule has 1 aliphatic heterocycles. The molecule has 1 aromatic heterocycles. The Morgan fingerprint density at radius 1 is 1.50 bits per heavy atom. The van der Waals surface area contributed by atoms with Crippen molar-refractivity contribution in [3.8, 4) is 0 Å². The van der Waals surface area contributed by atoms with Crippen molar-refractivity contribution in [1.29, 1.82) is 0 Å². The number of piperazine rings is 1. The third-order valence-electron chi connectivity index (χ3n) is 3.86. The lowest BCUT2D eigenvalue weighted by molar-refractivity contribution is 0.0573. The van der Waals surface area contributed by atoms with Crippen LogP contribution < -0.4 is 5.32 Å². The summed E-state index contributed by atoms with van der Waals surface area (Å²) in [4.78, 5) is 21.0. The summed E-state index contributed by atoms with van der Waals surface area (Å²) >= 11 is 0. The number of pyridine rings is 1. The van der Waals surface area contributed by atoms with Gasteiger partial charge in [0.2, 0.25) is 0 Å². The molecule has 0 saturated carbocycles. The molecule has 0 bridgehead atoms. The standard InChI is InChI=1S/C15H24N4O/c1-4-6-17-14-5-7-16-10-13(14)15(20)19-9-8-18(3)12(2)11-19/h5,7,10,12H,4,6,8-9,11H2,1-3H3,(H,16,17). The van der Waals surface area contributed by atoms with Gasteiger partial charge in [-0.1, -0.05) is 6.92 Å². The van der Waals surface area contributed by atoms with E-state index in [0.717, 1.165) is 38.3 Å². The van der Waals surface area contributed by atoms with Gasteiger partial charge in [0, 0.05) is 44.6 Å². The lowest BCUT2D eigenvalue weighted by Gasteiger charge is -2.37. The molecular formula is C15H24N4O. The predicted molar refractivity (Wildman–Crippen MR) is 81.0 cm³/mol. The van der Waals surface area contributed by atoms with Crippen LogP contribution in [-0.4, -0.2) is 60.0 Å². The Bertz CT molecular complexity index is 463. The minimum absolute atomic E-state index is 0.0802. The molecule has 20 heavy (non-hydrogen) atoms. The van der Waals surface area contributed by atoms with Crippen LogP contribution in [0.25, 0.3) is 0 Å². The number of aromatic nitrogens is 1. The van der Waals surface area contributed by atoms with E-state index in [1.54, 1.807) is 12.4 Å². The second-order valence-corrected chi connectivity index (χ2v) is 5.43. The first-order valence-corrected chi connectivity index (χ1v) is 7.31. The number of carbonyl (C=O) groups excluding carboxylic acids is 1. The molecule has 1 amide bonds. The van der Waals surface area contributed by atoms with Gasteiger partial charge in [-0.25, -0.2) is 0 Å². The summed E-state index contributed by atoms with van der Waals surface area (Å²) in [6.45, 7) is 7.60. The molecule has 1 aromatic rings. The van der Waals surface area contributed by atoms with Gasteiger partial charge in [-0.05, 0) is 26.5 Å². The van der Waals surface area contributed by atoms with Gasteiger partial charge in [0.1, 0.15) is 0 Å². The van der Waals surface area contributed by atoms with E-state index in [-0.39, 0.29) is 5.91 Å². The lowest BCUT2D eigenvalue weighted by Crippen LogP contribution is -2.52. The minimum atomic E-state index is 0.0802. The summed E-state index contributed by atoms with van der Waals surface area (Å²) < 4.78 is 0. The van der Waals surface area contributed by atoms with Crippen molar-refractivity contribution in [1.82, 2.24) is 14.8 Å². The SMILES string of the molecule is CCCNc1ccncc1C(=O)N1CCN(C)C(C)C1. The molecule has 2 rings (SSSR count). The summed E-state index contributed by atoms with van der Waals surface area (Å²) in [6, 6.07) is 2.28. The van der Waals surface area contributed by atoms with Crippen LogP contribution in [0.4, 0.5) is 5.69 Å². The third-order valence-corrected chi connectivity index (χ3v) is 3.86. The monoisotopic (exact) mass is 276 g/mol. The Morgan fingerprint density at radius 3 is 3.00 bits per heavy atom. The predicted octanol–water partition coefficient (Wildman–Crippen LogP) is 1.68. The summed E-state index contributed by atoms with van der Waals surface area (Å²) in [6.07, 6.45) is 4.42. The number of anilines is 1. The number of likely N-dealkylation sites (N-methyl/N-ethyl adjacent to an activating group) is 1. The molecule has 1 fully saturated rings. The molecule has 1 unspecified atom stereocenters. The van der Waals surface area contributed by atoms with Crippen LogP contribution in [0.1, 0.15) is 30.6 Å². The molecule has 0 aromatic carbocycles. The van der Waals surface area contributed by atoms with Gasteiger partial charge < -0.3 is 15.1 Å². The number of rotatable bonds is 4. The molecule has 5 heteroatoms. The fraction of sp³-hybridized carbons (Fsp3) is 0.600. The van der Waals surface area contributed by atoms with Crippen molar-refractivity contribution >= 4 is 11.6 Å². The Kier molecular flexibility index (Phi) is 4.95. The number of amides is 1. The zero-order valence-electron chi connectivity index (χ0n) is 12.6. The van der Waals surface area contributed by atoms with Gasteiger partial charge in [0.25, 0.3) is 5.91 Å². The molecular weight excluding hydrogens is 252 g/mol. The molecule has 0 spiro atoms. The highest BCUT2D eigenvalue weighted by Crippen LogP contribution is 2.18. The zero-order chi connectivity index (χ0) is 14.5. The molecule has 1 aliphatic rings. The van der Waals surface area contributed by atoms with E-state index in [0.29, 0.717) is 11.6 Å². The number of hydrogen-bond donors (Lipinski definition) is 1. The molecule has 110 valence electrons. The molecule has 5 nitrogen and oxygen atoms in total. The average molecular weight is 276 g/mol. The number of hydrogen-bond acceptors (Lipinski definition) is 4. The zero-order valence-corrected chi connectivity index (χ0v) is 12.6. The summed E-state index contributed by atoms with van der Waals surface area (Å²) in [5.74, 6) is 0.0802. The van der Waals surface area contributed by atoms with Gasteiger partial charge in [-0.3, -0.25) is 9.78 Å². The number of nitrogens with zero attached hydrogens (tertiary/aromatic N) is 3. The maximum absolute atomic E-state index is 12.7. The van der Waals surface area contributed by atoms with E-state index >= 15 is 0 Å². The first-order valence-electron chi connectivity index (χ1n) is 7.31. The lowest BCUT2D eigenvalue weighted by atomic mass is 10.1. The maximum atomic E-state index is 12.7. The molecule has 1 atom stereocenters. The van der Waals surface area contributed by atoms with E-state index in [9.17, 15) is 4.79 Å². The minimum Gasteiger partial charge on any atom is -0.384 e. The molecule has 0 aliphatic carbocycles. The van der Waals surface area contributed by atoms with Crippen molar-refractivity contribution in [2.24, 2.45) is 0 Å². The first-order chi connectivity index (χ1) is 9.63. The quantitative estimate of drug-likeness (QED) is 0.909. The fourth-order valence-corrected chi connectivity index (χ4v) is 2.38. The van der Waals surface area contributed by atoms with Gasteiger partial charge in [0.15, 0.2) is 0 Å². The van der Waals surface area contributed by atoms with Crippen LogP contribution in [0.2, 0.25) is 0 Å². The van der Waals surface area contributed by atoms with Crippen LogP contribution in [-0.2, 0) is 0 Å². The highest BCUT2D eigenvalue weighted by molar-refractivity contribution is 5.99. The van der Waals surface area contributed by atoms with Gasteiger partial charge in [-0.2, -0.15) is 0 Å². The van der Waals surface area contributed by atoms with E-state index in [2.05, 4.69) is 36.1 Å². The van der Waals surface area contributed by atoms with Gasteiger partial charge >= 0.3 is 0 Å². The summed E-state index contributed by atoms with van der Waals surface area (Å²) in [7, 11) is 2.10. The third kappa shape index (κ3) is 3.28. The van der Waals surface area contributed by atoms with Crippen molar-refractivity contribution in [2.75, 3.05) is 38.5 Å². The van der Waals surface area contributed by atoms with Crippen molar-refractivity contribution in [3.05, 3.63) is 24.0 Å². The summed E-state index contributed by atoms with van der Waals surface area (Å²) in [5, 5.41) is 3.30. The van der Waals surface area contributed by atoms with Crippen molar-refractivity contribution in [2.45, 2.75) is 26.3 Å². The van der Waals surface area contributed by atoms with E-state index < -0.39 is 0 Å². The normalized spacial score (nSPS) is 19.9. The van der Waals surface area contributed by atoms with Crippen LogP contribution >= 0.6 is 0 Å². The average Bonchev–Trinajstić information content (AvgIpc) is 2.47. The molecule has 1 N–H and O–H groups in total. The van der Waals surface area contributed by atoms with Crippen molar-refractivity contribution in [3.63, 3.8) is 0 Å². The van der Waals surface area contributed by atoms with E-state index in [1.165, 1.54) is 0 Å². The van der Waals surface area contributed by atoms with Gasteiger partial charge in [0.05, 0.1) is 11.3 Å². The number of carbonyl (C=O) groups is 1. The van der Waals surface area contributed by atoms with Crippen molar-refractivity contribution < 1.29 is 4.79 Å². The summed E-state index contributed by atoms with van der Waals surface area (Å²) in [5.41, 5.74) is 1.57. The second kappa shape index (κ2) is 6.70. The Balaban J connectivity index is 2.12. The van der Waals surface area contributed by atoms with Crippen LogP contribution in [0.15, 0.2) is 18.5 Å². The highest BCUT2D eigenvalue weighted by atomic mass is 16.2. The first kappa shape index (κ1) is 14.8. The van der Waals surface area contributed by atoms with Crippen LogP contribution in [0.3, 0.4) is 0 Å². The van der Waals surface area contributed by atoms with Crippen LogP contribution in [0.5, 0.6) is 0 Å². The number of nitrogens with one attached hydrogen (secondary N) is 1. The molecule has 2 heterocycles. The molecule has 1 saturated heterocycles. The van der Waals surface area contributed by atoms with Crippen LogP contribution in [0, 0.1) is 0 Å². The topological polar surface area (TPSA) is 48.5 Å². The van der Waals surface area contributed by atoms with E-state index in [1.807, 2.05) is 11.0 Å². The largest absolute Gasteiger partial charge is 0.384 e. The smallest absolute Gasteiger partial charge is 0.257 e.